The van der Waals surface area contributed by atoms with Gasteiger partial charge in [-0.25, -0.2) is 0 Å². The molecule has 2 aromatic heterocycles. The van der Waals surface area contributed by atoms with Crippen molar-refractivity contribution in [1.82, 2.24) is 9.97 Å². The summed E-state index contributed by atoms with van der Waals surface area (Å²) in [5.74, 6) is 0.906. The van der Waals surface area contributed by atoms with Crippen LogP contribution in [0.5, 0.6) is 0 Å². The number of carbonyl (C=O) groups is 1. The minimum absolute atomic E-state index is 0.0796. The molecule has 0 spiro atoms. The van der Waals surface area contributed by atoms with Gasteiger partial charge >= 0.3 is 135 Å². The number of aromatic nitrogens is 2. The molecule has 0 aliphatic carbocycles. The molecule has 0 aromatic carbocycles. The molecular weight excluding hydrogens is 496 g/mol. The fourth-order valence-electron chi connectivity index (χ4n) is 1.52. The van der Waals surface area contributed by atoms with E-state index in [2.05, 4.69) is 30.3 Å². The first-order valence-corrected chi connectivity index (χ1v) is 8.80. The zero-order valence-electron chi connectivity index (χ0n) is 10.4. The summed E-state index contributed by atoms with van der Waals surface area (Å²) in [6.07, 6.45) is 3.79. The summed E-state index contributed by atoms with van der Waals surface area (Å²) in [6, 6.07) is 1.89. The van der Waals surface area contributed by atoms with Gasteiger partial charge in [0.05, 0.1) is 0 Å². The Kier molecular flexibility index (Phi) is 4.82. The monoisotopic (exact) mass is 506 g/mol. The van der Waals surface area contributed by atoms with Gasteiger partial charge in [0, 0.05) is 0 Å². The molecule has 3 nitrogen and oxygen atoms in total. The number of nitrogens with one attached hydrogen (secondary N) is 1. The molecule has 1 N–H and O–H groups in total. The Morgan fingerprint density at radius 1 is 1.53 bits per heavy atom. The van der Waals surface area contributed by atoms with Crippen LogP contribution < -0.4 is 0 Å². The van der Waals surface area contributed by atoms with E-state index in [1.165, 1.54) is 36.3 Å². The van der Waals surface area contributed by atoms with E-state index in [0.717, 1.165) is 25.7 Å². The Morgan fingerprint density at radius 3 is 2.84 bits per heavy atom. The predicted octanol–water partition coefficient (Wildman–Crippen LogP) is 3.86. The maximum atomic E-state index is 11.4. The van der Waals surface area contributed by atoms with Crippen LogP contribution in [0, 0.1) is 0 Å². The average molecular weight is 507 g/mol. The molecule has 0 fully saturated rings. The van der Waals surface area contributed by atoms with Gasteiger partial charge in [-0.15, -0.1) is 0 Å². The predicted molar refractivity (Wildman–Crippen MR) is 79.3 cm³/mol. The molecule has 98 valence electrons. The van der Waals surface area contributed by atoms with E-state index in [4.69, 9.17) is 0 Å². The molecule has 0 saturated heterocycles. The van der Waals surface area contributed by atoms with Gasteiger partial charge in [0.2, 0.25) is 0 Å². The summed E-state index contributed by atoms with van der Waals surface area (Å²) in [7, 11) is 0. The molecule has 0 bridgehead atoms. The van der Waals surface area contributed by atoms with Gasteiger partial charge in [0.15, 0.2) is 0 Å². The fourth-order valence-corrected chi connectivity index (χ4v) is 3.41. The minimum atomic E-state index is 0.0796. The van der Waals surface area contributed by atoms with Gasteiger partial charge in [-0.2, -0.15) is 0 Å². The molecular formula is C13H11BrN2OSW. The SMILES string of the molecule is CC(=O)c1cc(-c2cnc(/C=C(/C)[CH]=[W])[nH]2)c(Br)s1. The molecule has 0 aliphatic heterocycles. The van der Waals surface area contributed by atoms with Gasteiger partial charge in [-0.3, -0.25) is 0 Å². The van der Waals surface area contributed by atoms with Crippen LogP contribution in [0.25, 0.3) is 17.3 Å². The van der Waals surface area contributed by atoms with E-state index in [9.17, 15) is 4.79 Å². The second-order valence-electron chi connectivity index (χ2n) is 4.04. The van der Waals surface area contributed by atoms with Gasteiger partial charge in [0.25, 0.3) is 0 Å². The summed E-state index contributed by atoms with van der Waals surface area (Å²) in [6.45, 7) is 3.62. The van der Waals surface area contributed by atoms with Crippen LogP contribution in [0.3, 0.4) is 0 Å². The van der Waals surface area contributed by atoms with Crippen LogP contribution in [-0.4, -0.2) is 20.2 Å². The zero-order chi connectivity index (χ0) is 14.0. The quantitative estimate of drug-likeness (QED) is 0.640. The van der Waals surface area contributed by atoms with Crippen LogP contribution >= 0.6 is 27.3 Å². The number of carbonyl (C=O) groups excluding carboxylic acids is 1. The van der Waals surface area contributed by atoms with Crippen molar-refractivity contribution in [3.05, 3.63) is 32.3 Å². The molecule has 2 rings (SSSR count). The Bertz CT molecular complexity index is 672. The molecule has 19 heavy (non-hydrogen) atoms. The van der Waals surface area contributed by atoms with Gasteiger partial charge in [-0.05, 0) is 0 Å². The van der Waals surface area contributed by atoms with Gasteiger partial charge < -0.3 is 0 Å². The Morgan fingerprint density at radius 2 is 2.26 bits per heavy atom. The summed E-state index contributed by atoms with van der Waals surface area (Å²) in [5, 5.41) is 0. The molecule has 0 amide bonds. The third-order valence-electron chi connectivity index (χ3n) is 2.47. The van der Waals surface area contributed by atoms with Crippen molar-refractivity contribution in [3.8, 4) is 11.3 Å². The fraction of sp³-hybridized carbons (Fsp3) is 0.154. The molecule has 0 saturated carbocycles. The number of rotatable bonds is 4. The normalized spacial score (nSPS) is 11.6. The summed E-state index contributed by atoms with van der Waals surface area (Å²) < 4.78 is 3.05. The van der Waals surface area contributed by atoms with Crippen molar-refractivity contribution in [1.29, 1.82) is 0 Å². The van der Waals surface area contributed by atoms with E-state index in [0.29, 0.717) is 0 Å². The number of ketones is 1. The molecule has 6 heteroatoms. The molecule has 0 aliphatic rings. The van der Waals surface area contributed by atoms with Crippen LogP contribution in [0.4, 0.5) is 0 Å². The van der Waals surface area contributed by atoms with E-state index < -0.39 is 0 Å². The zero-order valence-corrected chi connectivity index (χ0v) is 15.7. The van der Waals surface area contributed by atoms with Crippen LogP contribution in [-0.2, 0) is 19.4 Å². The number of nitrogens with zero attached hydrogens (tertiary/aromatic N) is 1. The Balaban J connectivity index is 2.38. The molecule has 0 unspecified atom stereocenters. The Labute approximate surface area is 134 Å². The van der Waals surface area contributed by atoms with Crippen molar-refractivity contribution >= 4 is 43.5 Å². The summed E-state index contributed by atoms with van der Waals surface area (Å²) in [4.78, 5) is 19.7. The summed E-state index contributed by atoms with van der Waals surface area (Å²) >= 11 is 6.36. The number of Topliss-reactive ketones (excluding diaryl/α,β-unsaturated/α-hetero) is 1. The van der Waals surface area contributed by atoms with E-state index in [-0.39, 0.29) is 5.78 Å². The maximum absolute atomic E-state index is 11.4. The topological polar surface area (TPSA) is 45.8 Å². The Hall–Kier alpha value is -0.642. The molecule has 0 radical (unpaired) electrons. The number of hydrogen-bond acceptors (Lipinski definition) is 3. The van der Waals surface area contributed by atoms with Crippen molar-refractivity contribution < 1.29 is 24.1 Å². The second kappa shape index (κ2) is 6.21. The first kappa shape index (κ1) is 14.8. The van der Waals surface area contributed by atoms with E-state index >= 15 is 0 Å². The molecule has 2 heterocycles. The van der Waals surface area contributed by atoms with Crippen LogP contribution in [0.1, 0.15) is 29.3 Å². The molecule has 0 atom stereocenters. The van der Waals surface area contributed by atoms with Crippen molar-refractivity contribution in [2.24, 2.45) is 0 Å². The van der Waals surface area contributed by atoms with Crippen molar-refractivity contribution in [3.63, 3.8) is 0 Å². The van der Waals surface area contributed by atoms with Gasteiger partial charge in [0.1, 0.15) is 0 Å². The van der Waals surface area contributed by atoms with Crippen LogP contribution in [0.2, 0.25) is 0 Å². The third kappa shape index (κ3) is 3.47. The van der Waals surface area contributed by atoms with Crippen molar-refractivity contribution in [2.45, 2.75) is 13.8 Å². The second-order valence-corrected chi connectivity index (χ2v) is 7.26. The number of thiophene rings is 1. The number of H-pyrrole nitrogens is 1. The average Bonchev–Trinajstić information content (AvgIpc) is 2.95. The number of hydrogen-bond donors (Lipinski definition) is 1. The first-order chi connectivity index (χ1) is 9.01. The van der Waals surface area contributed by atoms with E-state index in [1.807, 2.05) is 19.1 Å². The summed E-state index contributed by atoms with van der Waals surface area (Å²) in [5.41, 5.74) is 3.08. The van der Waals surface area contributed by atoms with E-state index in [1.54, 1.807) is 13.1 Å². The third-order valence-corrected chi connectivity index (χ3v) is 5.74. The number of imidazole rings is 1. The van der Waals surface area contributed by atoms with Crippen LogP contribution in [0.15, 0.2) is 21.6 Å². The van der Waals surface area contributed by atoms with Gasteiger partial charge in [-0.1, -0.05) is 0 Å². The first-order valence-electron chi connectivity index (χ1n) is 5.50. The number of allylic oxidation sites excluding steroid dienone is 1. The molecule has 2 aromatic rings. The van der Waals surface area contributed by atoms with Crippen molar-refractivity contribution in [2.75, 3.05) is 0 Å². The number of halogens is 1. The number of aromatic amines is 1. The standard InChI is InChI=1S/C13H11BrN2OS.W/c1-7(2)4-12-15-6-10(16-12)9-5-11(8(3)17)18-13(9)14;/h1,4-6H,2-3H3,(H,15,16);/b7-4+;.